The smallest absolute Gasteiger partial charge is 0.324 e. The first-order chi connectivity index (χ1) is 11.7. The molecule has 3 aromatic rings. The van der Waals surface area contributed by atoms with Crippen LogP contribution in [-0.4, -0.2) is 18.3 Å². The van der Waals surface area contributed by atoms with Crippen LogP contribution in [0.25, 0.3) is 10.8 Å². The normalized spacial score (nSPS) is 16.6. The van der Waals surface area contributed by atoms with Crippen LogP contribution < -0.4 is 10.1 Å². The van der Waals surface area contributed by atoms with Crippen molar-refractivity contribution in [1.29, 1.82) is 0 Å². The fourth-order valence-electron chi connectivity index (χ4n) is 2.97. The van der Waals surface area contributed by atoms with Gasteiger partial charge in [0, 0.05) is 17.6 Å². The van der Waals surface area contributed by atoms with E-state index in [1.165, 1.54) is 0 Å². The second-order valence-electron chi connectivity index (χ2n) is 5.75. The number of nitrogens with one attached hydrogen (secondary N) is 1. The van der Waals surface area contributed by atoms with E-state index in [1.807, 2.05) is 60.7 Å². The van der Waals surface area contributed by atoms with E-state index >= 15 is 0 Å². The lowest BCUT2D eigenvalue weighted by molar-refractivity contribution is -0.137. The van der Waals surface area contributed by atoms with Crippen LogP contribution in [-0.2, 0) is 4.79 Å². The monoisotopic (exact) mass is 317 g/mol. The Bertz CT molecular complexity index is 934. The van der Waals surface area contributed by atoms with Crippen molar-refractivity contribution in [2.75, 3.05) is 11.9 Å². The largest absolute Gasteiger partial charge is 0.424 e. The van der Waals surface area contributed by atoms with Crippen LogP contribution >= 0.6 is 0 Å². The molecule has 0 amide bonds. The number of ether oxygens (including phenoxy) is 1. The fraction of sp³-hybridized carbons (Fsp3) is 0.100. The minimum atomic E-state index is -0.834. The molecule has 1 atom stereocenters. The highest BCUT2D eigenvalue weighted by atomic mass is 16.5. The average molecular weight is 317 g/mol. The SMILES string of the molecule is O=C1Oc2c(ccc3ccccc23)C(=O)C1CNc1ccccc1. The lowest BCUT2D eigenvalue weighted by atomic mass is 9.92. The summed E-state index contributed by atoms with van der Waals surface area (Å²) in [5, 5.41) is 4.85. The van der Waals surface area contributed by atoms with E-state index in [4.69, 9.17) is 4.74 Å². The van der Waals surface area contributed by atoms with Crippen LogP contribution in [0.15, 0.2) is 66.7 Å². The van der Waals surface area contributed by atoms with Gasteiger partial charge >= 0.3 is 5.97 Å². The predicted molar refractivity (Wildman–Crippen MR) is 92.3 cm³/mol. The van der Waals surface area contributed by atoms with Gasteiger partial charge in [0.2, 0.25) is 0 Å². The minimum Gasteiger partial charge on any atom is -0.424 e. The van der Waals surface area contributed by atoms with E-state index in [0.717, 1.165) is 16.5 Å². The van der Waals surface area contributed by atoms with Crippen LogP contribution in [0, 0.1) is 5.92 Å². The quantitative estimate of drug-likeness (QED) is 0.455. The molecule has 0 radical (unpaired) electrons. The number of anilines is 1. The summed E-state index contributed by atoms with van der Waals surface area (Å²) >= 11 is 0. The number of ketones is 1. The number of hydrogen-bond acceptors (Lipinski definition) is 4. The molecule has 1 aliphatic rings. The molecule has 4 heteroatoms. The highest BCUT2D eigenvalue weighted by Gasteiger charge is 2.37. The molecule has 4 rings (SSSR count). The van der Waals surface area contributed by atoms with Crippen LogP contribution in [0.4, 0.5) is 5.69 Å². The molecule has 0 aromatic heterocycles. The van der Waals surface area contributed by atoms with Gasteiger partial charge in [0.15, 0.2) is 5.78 Å². The van der Waals surface area contributed by atoms with Gasteiger partial charge in [0.05, 0.1) is 5.56 Å². The van der Waals surface area contributed by atoms with Gasteiger partial charge in [-0.3, -0.25) is 9.59 Å². The molecule has 0 saturated carbocycles. The zero-order valence-corrected chi connectivity index (χ0v) is 12.9. The summed E-state index contributed by atoms with van der Waals surface area (Å²) in [6.45, 7) is 0.216. The van der Waals surface area contributed by atoms with Gasteiger partial charge < -0.3 is 10.1 Å². The number of hydrogen-bond donors (Lipinski definition) is 1. The number of para-hydroxylation sites is 1. The third-order valence-corrected chi connectivity index (χ3v) is 4.23. The highest BCUT2D eigenvalue weighted by Crippen LogP contribution is 2.35. The summed E-state index contributed by atoms with van der Waals surface area (Å²) < 4.78 is 5.52. The van der Waals surface area contributed by atoms with E-state index < -0.39 is 11.9 Å². The first-order valence-corrected chi connectivity index (χ1v) is 7.80. The Morgan fingerprint density at radius 2 is 1.62 bits per heavy atom. The van der Waals surface area contributed by atoms with Crippen molar-refractivity contribution in [1.82, 2.24) is 0 Å². The topological polar surface area (TPSA) is 55.4 Å². The lowest BCUT2D eigenvalue weighted by Gasteiger charge is -2.23. The molecule has 1 unspecified atom stereocenters. The summed E-state index contributed by atoms with van der Waals surface area (Å²) in [4.78, 5) is 25.1. The molecule has 1 aliphatic heterocycles. The van der Waals surface area contributed by atoms with Crippen LogP contribution in [0.1, 0.15) is 10.4 Å². The molecule has 0 bridgehead atoms. The van der Waals surface area contributed by atoms with Gasteiger partial charge in [-0.2, -0.15) is 0 Å². The van der Waals surface area contributed by atoms with E-state index in [-0.39, 0.29) is 12.3 Å². The number of carbonyl (C=O) groups is 2. The van der Waals surface area contributed by atoms with Crippen LogP contribution in [0.5, 0.6) is 5.75 Å². The number of fused-ring (bicyclic) bond motifs is 3. The van der Waals surface area contributed by atoms with Crippen molar-refractivity contribution < 1.29 is 14.3 Å². The average Bonchev–Trinajstić information content (AvgIpc) is 2.62. The summed E-state index contributed by atoms with van der Waals surface area (Å²) in [6.07, 6.45) is 0. The Kier molecular flexibility index (Phi) is 3.50. The third-order valence-electron chi connectivity index (χ3n) is 4.23. The van der Waals surface area contributed by atoms with Crippen molar-refractivity contribution in [3.8, 4) is 5.75 Å². The number of Topliss-reactive ketones (excluding diaryl/α,β-unsaturated/α-hetero) is 1. The maximum atomic E-state index is 12.8. The Morgan fingerprint density at radius 3 is 2.46 bits per heavy atom. The molecule has 3 aromatic carbocycles. The van der Waals surface area contributed by atoms with Crippen molar-refractivity contribution >= 4 is 28.2 Å². The minimum absolute atomic E-state index is 0.199. The fourth-order valence-corrected chi connectivity index (χ4v) is 2.97. The predicted octanol–water partition coefficient (Wildman–Crippen LogP) is 3.67. The van der Waals surface area contributed by atoms with Crippen LogP contribution in [0.3, 0.4) is 0 Å². The first-order valence-electron chi connectivity index (χ1n) is 7.80. The van der Waals surface area contributed by atoms with Gasteiger partial charge in [-0.1, -0.05) is 48.5 Å². The second kappa shape index (κ2) is 5.81. The van der Waals surface area contributed by atoms with Gasteiger partial charge in [-0.25, -0.2) is 0 Å². The summed E-state index contributed by atoms with van der Waals surface area (Å²) in [5.74, 6) is -1.17. The van der Waals surface area contributed by atoms with Crippen molar-refractivity contribution in [3.63, 3.8) is 0 Å². The first kappa shape index (κ1) is 14.5. The molecular formula is C20H15NO3. The van der Waals surface area contributed by atoms with E-state index in [9.17, 15) is 9.59 Å². The maximum absolute atomic E-state index is 12.8. The van der Waals surface area contributed by atoms with Crippen LogP contribution in [0.2, 0.25) is 0 Å². The zero-order chi connectivity index (χ0) is 16.5. The molecule has 0 aliphatic carbocycles. The standard InChI is InChI=1S/C20H15NO3/c22-18-16-11-10-13-6-4-5-9-15(13)19(16)24-20(23)17(18)12-21-14-7-2-1-3-8-14/h1-11,17,21H,12H2. The Hall–Kier alpha value is -3.14. The Balaban J connectivity index is 1.65. The van der Waals surface area contributed by atoms with Gasteiger partial charge in [-0.05, 0) is 23.6 Å². The second-order valence-corrected chi connectivity index (χ2v) is 5.75. The third kappa shape index (κ3) is 2.42. The molecule has 1 N–H and O–H groups in total. The zero-order valence-electron chi connectivity index (χ0n) is 12.9. The lowest BCUT2D eigenvalue weighted by Crippen LogP contribution is -2.38. The maximum Gasteiger partial charge on any atom is 0.324 e. The van der Waals surface area contributed by atoms with E-state index in [1.54, 1.807) is 6.07 Å². The number of benzene rings is 3. The Morgan fingerprint density at radius 1 is 0.875 bits per heavy atom. The molecule has 0 fully saturated rings. The van der Waals surface area contributed by atoms with Crippen molar-refractivity contribution in [3.05, 3.63) is 72.3 Å². The molecule has 24 heavy (non-hydrogen) atoms. The molecule has 1 heterocycles. The van der Waals surface area contributed by atoms with Gasteiger partial charge in [-0.15, -0.1) is 0 Å². The number of esters is 1. The summed E-state index contributed by atoms with van der Waals surface area (Å²) in [5.41, 5.74) is 1.33. The molecule has 0 spiro atoms. The number of rotatable bonds is 3. The summed E-state index contributed by atoms with van der Waals surface area (Å²) in [7, 11) is 0. The molecule has 0 saturated heterocycles. The van der Waals surface area contributed by atoms with Crippen molar-refractivity contribution in [2.45, 2.75) is 0 Å². The molecular weight excluding hydrogens is 302 g/mol. The number of carbonyl (C=O) groups excluding carboxylic acids is 2. The Labute approximate surface area is 139 Å². The highest BCUT2D eigenvalue weighted by molar-refractivity contribution is 6.16. The summed E-state index contributed by atoms with van der Waals surface area (Å²) in [6, 6.07) is 20.7. The van der Waals surface area contributed by atoms with E-state index in [2.05, 4.69) is 5.32 Å². The van der Waals surface area contributed by atoms with Gasteiger partial charge in [0.1, 0.15) is 11.7 Å². The van der Waals surface area contributed by atoms with Gasteiger partial charge in [0.25, 0.3) is 0 Å². The molecule has 118 valence electrons. The molecule has 4 nitrogen and oxygen atoms in total. The van der Waals surface area contributed by atoms with Crippen molar-refractivity contribution in [2.24, 2.45) is 5.92 Å². The van der Waals surface area contributed by atoms with E-state index in [0.29, 0.717) is 11.3 Å².